The average molecular weight is 433 g/mol. The van der Waals surface area contributed by atoms with Crippen LogP contribution in [0.15, 0.2) is 53.4 Å². The van der Waals surface area contributed by atoms with Crippen molar-refractivity contribution in [1.29, 1.82) is 0 Å². The van der Waals surface area contributed by atoms with Crippen LogP contribution in [0, 0.1) is 13.8 Å². The van der Waals surface area contributed by atoms with Crippen LogP contribution in [0.5, 0.6) is 0 Å². The Morgan fingerprint density at radius 2 is 1.50 bits per heavy atom. The summed E-state index contributed by atoms with van der Waals surface area (Å²) >= 11 is 0. The number of amides is 1. The second-order valence-electron chi connectivity index (χ2n) is 7.29. The summed E-state index contributed by atoms with van der Waals surface area (Å²) in [6.45, 7) is 6.90. The molecule has 0 aromatic heterocycles. The van der Waals surface area contributed by atoms with Crippen LogP contribution in [0.1, 0.15) is 31.4 Å². The van der Waals surface area contributed by atoms with Crippen molar-refractivity contribution in [3.05, 3.63) is 59.7 Å². The lowest BCUT2D eigenvalue weighted by molar-refractivity contribution is -0.147. The molecule has 1 amide bonds. The molecule has 2 rings (SSSR count). The molecule has 0 bridgehead atoms. The van der Waals surface area contributed by atoms with Gasteiger partial charge in [-0.3, -0.25) is 13.9 Å². The van der Waals surface area contributed by atoms with Crippen LogP contribution >= 0.6 is 0 Å². The Kier molecular flexibility index (Phi) is 8.00. The van der Waals surface area contributed by atoms with Gasteiger partial charge in [-0.2, -0.15) is 0 Å². The molecular formula is C22H28N2O5S. The monoisotopic (exact) mass is 432 g/mol. The minimum absolute atomic E-state index is 0.0651. The van der Waals surface area contributed by atoms with Crippen LogP contribution in [0.4, 0.5) is 5.69 Å². The quantitative estimate of drug-likeness (QED) is 0.615. The SMILES string of the molecule is Cc1ccc(N(CCC(=O)NCC(=O)OC(C)C)S(=O)(=O)c2ccc(C)cc2)cc1. The molecule has 0 aliphatic carbocycles. The number of esters is 1. The van der Waals surface area contributed by atoms with E-state index in [2.05, 4.69) is 5.32 Å². The summed E-state index contributed by atoms with van der Waals surface area (Å²) in [7, 11) is -3.86. The Balaban J connectivity index is 2.17. The van der Waals surface area contributed by atoms with E-state index in [0.29, 0.717) is 5.69 Å². The van der Waals surface area contributed by atoms with Gasteiger partial charge in [-0.1, -0.05) is 35.4 Å². The van der Waals surface area contributed by atoms with Crippen molar-refractivity contribution in [2.75, 3.05) is 17.4 Å². The summed E-state index contributed by atoms with van der Waals surface area (Å²) < 4.78 is 32.7. The maximum Gasteiger partial charge on any atom is 0.325 e. The predicted molar refractivity (Wildman–Crippen MR) is 116 cm³/mol. The standard InChI is InChI=1S/C22H28N2O5S/c1-16(2)29-22(26)15-23-21(25)13-14-24(19-9-5-17(3)6-10-19)30(27,28)20-11-7-18(4)8-12-20/h5-12,16H,13-15H2,1-4H3,(H,23,25). The average Bonchev–Trinajstić information content (AvgIpc) is 2.67. The lowest BCUT2D eigenvalue weighted by Gasteiger charge is -2.24. The smallest absolute Gasteiger partial charge is 0.325 e. The van der Waals surface area contributed by atoms with E-state index in [1.165, 1.54) is 4.31 Å². The van der Waals surface area contributed by atoms with Crippen molar-refractivity contribution in [1.82, 2.24) is 5.32 Å². The summed E-state index contributed by atoms with van der Waals surface area (Å²) in [5.74, 6) is -0.979. The van der Waals surface area contributed by atoms with Crippen LogP contribution in [0.25, 0.3) is 0 Å². The van der Waals surface area contributed by atoms with Crippen molar-refractivity contribution in [3.63, 3.8) is 0 Å². The third kappa shape index (κ3) is 6.59. The zero-order valence-corrected chi connectivity index (χ0v) is 18.5. The number of aryl methyl sites for hydroxylation is 2. The van der Waals surface area contributed by atoms with Gasteiger partial charge >= 0.3 is 5.97 Å². The van der Waals surface area contributed by atoms with Crippen LogP contribution in [-0.4, -0.2) is 39.5 Å². The van der Waals surface area contributed by atoms with E-state index >= 15 is 0 Å². The Bertz CT molecular complexity index is 968. The molecule has 0 unspecified atom stereocenters. The normalized spacial score (nSPS) is 11.2. The number of sulfonamides is 1. The molecule has 0 radical (unpaired) electrons. The number of hydrogen-bond acceptors (Lipinski definition) is 5. The zero-order valence-electron chi connectivity index (χ0n) is 17.7. The minimum Gasteiger partial charge on any atom is -0.462 e. The zero-order chi connectivity index (χ0) is 22.3. The number of hydrogen-bond donors (Lipinski definition) is 1. The molecule has 0 saturated carbocycles. The highest BCUT2D eigenvalue weighted by molar-refractivity contribution is 7.92. The fraction of sp³-hybridized carbons (Fsp3) is 0.364. The first-order valence-electron chi connectivity index (χ1n) is 9.72. The van der Waals surface area contributed by atoms with Gasteiger partial charge in [0, 0.05) is 13.0 Å². The molecule has 0 fully saturated rings. The van der Waals surface area contributed by atoms with E-state index in [1.807, 2.05) is 26.0 Å². The molecule has 30 heavy (non-hydrogen) atoms. The van der Waals surface area contributed by atoms with E-state index in [-0.39, 0.29) is 30.5 Å². The molecular weight excluding hydrogens is 404 g/mol. The fourth-order valence-electron chi connectivity index (χ4n) is 2.70. The summed E-state index contributed by atoms with van der Waals surface area (Å²) in [5.41, 5.74) is 2.41. The van der Waals surface area contributed by atoms with Crippen LogP contribution in [0.3, 0.4) is 0 Å². The third-order valence-corrected chi connectivity index (χ3v) is 6.11. The van der Waals surface area contributed by atoms with Crippen molar-refractivity contribution >= 4 is 27.6 Å². The van der Waals surface area contributed by atoms with Crippen molar-refractivity contribution < 1.29 is 22.7 Å². The molecule has 0 saturated heterocycles. The highest BCUT2D eigenvalue weighted by Gasteiger charge is 2.25. The summed E-state index contributed by atoms with van der Waals surface area (Å²) in [6, 6.07) is 13.6. The van der Waals surface area contributed by atoms with Crippen LogP contribution < -0.4 is 9.62 Å². The van der Waals surface area contributed by atoms with E-state index in [9.17, 15) is 18.0 Å². The minimum atomic E-state index is -3.86. The highest BCUT2D eigenvalue weighted by Crippen LogP contribution is 2.24. The van der Waals surface area contributed by atoms with E-state index in [4.69, 9.17) is 4.74 Å². The van der Waals surface area contributed by atoms with Crippen molar-refractivity contribution in [3.8, 4) is 0 Å². The largest absolute Gasteiger partial charge is 0.462 e. The first kappa shape index (κ1) is 23.4. The molecule has 7 nitrogen and oxygen atoms in total. The number of rotatable bonds is 9. The van der Waals surface area contributed by atoms with E-state index in [0.717, 1.165) is 11.1 Å². The molecule has 0 heterocycles. The van der Waals surface area contributed by atoms with E-state index < -0.39 is 21.9 Å². The molecule has 0 atom stereocenters. The van der Waals surface area contributed by atoms with Gasteiger partial charge in [0.15, 0.2) is 0 Å². The molecule has 8 heteroatoms. The van der Waals surface area contributed by atoms with E-state index in [1.54, 1.807) is 50.2 Å². The Hall–Kier alpha value is -2.87. The number of nitrogens with one attached hydrogen (secondary N) is 1. The van der Waals surface area contributed by atoms with Crippen molar-refractivity contribution in [2.45, 2.75) is 45.1 Å². The van der Waals surface area contributed by atoms with Crippen LogP contribution in [-0.2, 0) is 24.3 Å². The maximum atomic E-state index is 13.2. The van der Waals surface area contributed by atoms with Crippen LogP contribution in [0.2, 0.25) is 0 Å². The summed E-state index contributed by atoms with van der Waals surface area (Å²) in [5, 5.41) is 2.47. The Morgan fingerprint density at radius 3 is 2.03 bits per heavy atom. The number of anilines is 1. The van der Waals surface area contributed by atoms with Gasteiger partial charge in [0.05, 0.1) is 16.7 Å². The lowest BCUT2D eigenvalue weighted by atomic mass is 10.2. The predicted octanol–water partition coefficient (Wildman–Crippen LogP) is 2.96. The first-order chi connectivity index (χ1) is 14.1. The molecule has 2 aromatic carbocycles. The third-order valence-electron chi connectivity index (χ3n) is 4.27. The van der Waals surface area contributed by atoms with Gasteiger partial charge in [0.1, 0.15) is 6.54 Å². The Labute approximate surface area is 178 Å². The Morgan fingerprint density at radius 1 is 0.967 bits per heavy atom. The second-order valence-corrected chi connectivity index (χ2v) is 9.15. The second kappa shape index (κ2) is 10.2. The maximum absolute atomic E-state index is 13.2. The van der Waals surface area contributed by atoms with Gasteiger partial charge in [-0.05, 0) is 52.0 Å². The summed E-state index contributed by atoms with van der Waals surface area (Å²) in [4.78, 5) is 23.9. The molecule has 0 spiro atoms. The number of ether oxygens (including phenoxy) is 1. The molecule has 162 valence electrons. The highest BCUT2D eigenvalue weighted by atomic mass is 32.2. The first-order valence-corrected chi connectivity index (χ1v) is 11.2. The molecule has 1 N–H and O–H groups in total. The number of nitrogens with zero attached hydrogens (tertiary/aromatic N) is 1. The molecule has 0 aliphatic heterocycles. The molecule has 2 aromatic rings. The van der Waals surface area contributed by atoms with Crippen molar-refractivity contribution in [2.24, 2.45) is 0 Å². The fourth-order valence-corrected chi connectivity index (χ4v) is 4.17. The van der Waals surface area contributed by atoms with Gasteiger partial charge in [0.25, 0.3) is 10.0 Å². The topological polar surface area (TPSA) is 92.8 Å². The number of benzene rings is 2. The van der Waals surface area contributed by atoms with Gasteiger partial charge in [-0.15, -0.1) is 0 Å². The lowest BCUT2D eigenvalue weighted by Crippen LogP contribution is -2.37. The molecule has 0 aliphatic rings. The van der Waals surface area contributed by atoms with Gasteiger partial charge in [0.2, 0.25) is 5.91 Å². The summed E-state index contributed by atoms with van der Waals surface area (Å²) in [6.07, 6.45) is -0.375. The van der Waals surface area contributed by atoms with Gasteiger partial charge in [-0.25, -0.2) is 8.42 Å². The van der Waals surface area contributed by atoms with Gasteiger partial charge < -0.3 is 10.1 Å². The number of carbonyl (C=O) groups excluding carboxylic acids is 2. The number of carbonyl (C=O) groups is 2.